The van der Waals surface area contributed by atoms with E-state index in [1.54, 1.807) is 0 Å². The van der Waals surface area contributed by atoms with Gasteiger partial charge in [0.2, 0.25) is 0 Å². The van der Waals surface area contributed by atoms with E-state index in [1.165, 1.54) is 38.5 Å². The Morgan fingerprint density at radius 2 is 1.81 bits per heavy atom. The second-order valence-corrected chi connectivity index (χ2v) is 7.30. The van der Waals surface area contributed by atoms with Gasteiger partial charge in [0.15, 0.2) is 0 Å². The second-order valence-electron chi connectivity index (χ2n) is 5.75. The Labute approximate surface area is 101 Å². The van der Waals surface area contributed by atoms with Crippen LogP contribution in [-0.2, 0) is 4.79 Å². The molecule has 2 bridgehead atoms. The van der Waals surface area contributed by atoms with Crippen molar-refractivity contribution >= 4 is 17.7 Å². The zero-order valence-corrected chi connectivity index (χ0v) is 10.4. The van der Waals surface area contributed by atoms with Crippen molar-refractivity contribution in [2.24, 2.45) is 17.8 Å². The number of thioether (sulfide) groups is 1. The van der Waals surface area contributed by atoms with Gasteiger partial charge in [-0.1, -0.05) is 12.8 Å². The Hall–Kier alpha value is -0.180. The molecule has 3 rings (SSSR count). The highest BCUT2D eigenvalue weighted by atomic mass is 32.2. The molecule has 0 aromatic carbocycles. The average Bonchev–Trinajstić information content (AvgIpc) is 2.91. The van der Waals surface area contributed by atoms with Crippen LogP contribution in [0.2, 0.25) is 0 Å². The van der Waals surface area contributed by atoms with E-state index in [2.05, 4.69) is 11.8 Å². The Kier molecular flexibility index (Phi) is 2.90. The van der Waals surface area contributed by atoms with Gasteiger partial charge in [0, 0.05) is 10.5 Å². The molecule has 0 aromatic heterocycles. The molecule has 0 aliphatic heterocycles. The molecule has 3 fully saturated rings. The van der Waals surface area contributed by atoms with Crippen molar-refractivity contribution in [3.05, 3.63) is 0 Å². The topological polar surface area (TPSA) is 37.3 Å². The molecule has 3 saturated carbocycles. The number of hydrogen-bond acceptors (Lipinski definition) is 2. The number of carboxylic acid groups (broad SMARTS) is 1. The molecule has 4 atom stereocenters. The summed E-state index contributed by atoms with van der Waals surface area (Å²) in [5.74, 6) is 0.667. The Morgan fingerprint density at radius 1 is 1.06 bits per heavy atom. The van der Waals surface area contributed by atoms with Gasteiger partial charge in [-0.2, -0.15) is 11.8 Å². The lowest BCUT2D eigenvalue weighted by atomic mass is 9.89. The molecular formula is C13H20O2S. The van der Waals surface area contributed by atoms with Gasteiger partial charge in [0.1, 0.15) is 0 Å². The SMILES string of the molecule is O=C(O)C1CC2CC1CC2SC1CCCC1. The van der Waals surface area contributed by atoms with Crippen LogP contribution in [0.1, 0.15) is 44.9 Å². The third-order valence-corrected chi connectivity index (χ3v) is 6.56. The average molecular weight is 240 g/mol. The molecule has 0 radical (unpaired) electrons. The van der Waals surface area contributed by atoms with E-state index in [9.17, 15) is 4.79 Å². The third kappa shape index (κ3) is 1.87. The number of hydrogen-bond donors (Lipinski definition) is 1. The van der Waals surface area contributed by atoms with Crippen LogP contribution >= 0.6 is 11.8 Å². The second kappa shape index (κ2) is 4.25. The first-order valence-electron chi connectivity index (χ1n) is 6.62. The third-order valence-electron chi connectivity index (χ3n) is 4.78. The van der Waals surface area contributed by atoms with Crippen molar-refractivity contribution in [2.45, 2.75) is 55.4 Å². The maximum absolute atomic E-state index is 11.0. The predicted octanol–water partition coefficient (Wildman–Crippen LogP) is 3.16. The van der Waals surface area contributed by atoms with E-state index in [1.807, 2.05) is 0 Å². The summed E-state index contributed by atoms with van der Waals surface area (Å²) >= 11 is 2.20. The fourth-order valence-electron chi connectivity index (χ4n) is 3.96. The van der Waals surface area contributed by atoms with Crippen LogP contribution in [-0.4, -0.2) is 21.6 Å². The highest BCUT2D eigenvalue weighted by Crippen LogP contribution is 2.54. The van der Waals surface area contributed by atoms with E-state index in [0.717, 1.165) is 22.8 Å². The van der Waals surface area contributed by atoms with E-state index in [0.29, 0.717) is 5.92 Å². The van der Waals surface area contributed by atoms with Crippen LogP contribution in [0.3, 0.4) is 0 Å². The Bertz CT molecular complexity index is 286. The minimum absolute atomic E-state index is 0.00886. The number of rotatable bonds is 3. The summed E-state index contributed by atoms with van der Waals surface area (Å²) in [6.07, 6.45) is 8.98. The van der Waals surface area contributed by atoms with Crippen LogP contribution in [0.25, 0.3) is 0 Å². The molecule has 0 aromatic rings. The summed E-state index contributed by atoms with van der Waals surface area (Å²) in [4.78, 5) is 11.0. The van der Waals surface area contributed by atoms with Crippen LogP contribution in [0.15, 0.2) is 0 Å². The highest BCUT2D eigenvalue weighted by Gasteiger charge is 2.49. The Morgan fingerprint density at radius 3 is 2.38 bits per heavy atom. The standard InChI is InChI=1S/C13H20O2S/c14-13(15)11-6-9-5-8(11)7-12(9)16-10-3-1-2-4-10/h8-12H,1-7H2,(H,14,15). The molecule has 0 amide bonds. The zero-order valence-electron chi connectivity index (χ0n) is 9.60. The van der Waals surface area contributed by atoms with Crippen LogP contribution in [0.4, 0.5) is 0 Å². The molecule has 0 saturated heterocycles. The van der Waals surface area contributed by atoms with Crippen molar-refractivity contribution in [3.63, 3.8) is 0 Å². The molecule has 4 unspecified atom stereocenters. The first-order valence-corrected chi connectivity index (χ1v) is 7.56. The largest absolute Gasteiger partial charge is 0.481 e. The van der Waals surface area contributed by atoms with Gasteiger partial charge in [-0.25, -0.2) is 0 Å². The molecule has 16 heavy (non-hydrogen) atoms. The van der Waals surface area contributed by atoms with Crippen LogP contribution in [0, 0.1) is 17.8 Å². The molecule has 3 aliphatic carbocycles. The molecular weight excluding hydrogens is 220 g/mol. The van der Waals surface area contributed by atoms with Crippen molar-refractivity contribution < 1.29 is 9.90 Å². The molecule has 3 heteroatoms. The molecule has 0 spiro atoms. The predicted molar refractivity (Wildman–Crippen MR) is 65.6 cm³/mol. The minimum Gasteiger partial charge on any atom is -0.481 e. The van der Waals surface area contributed by atoms with Gasteiger partial charge in [-0.3, -0.25) is 4.79 Å². The number of fused-ring (bicyclic) bond motifs is 2. The fraction of sp³-hybridized carbons (Fsp3) is 0.923. The molecule has 2 nitrogen and oxygen atoms in total. The Balaban J connectivity index is 1.56. The van der Waals surface area contributed by atoms with Gasteiger partial charge < -0.3 is 5.11 Å². The summed E-state index contributed by atoms with van der Waals surface area (Å²) in [7, 11) is 0. The van der Waals surface area contributed by atoms with Crippen molar-refractivity contribution in [2.75, 3.05) is 0 Å². The number of aliphatic carboxylic acids is 1. The maximum atomic E-state index is 11.0. The van der Waals surface area contributed by atoms with E-state index >= 15 is 0 Å². The summed E-state index contributed by atoms with van der Waals surface area (Å²) in [5, 5.41) is 10.8. The van der Waals surface area contributed by atoms with Gasteiger partial charge in [0.25, 0.3) is 0 Å². The minimum atomic E-state index is -0.545. The molecule has 0 heterocycles. The monoisotopic (exact) mass is 240 g/mol. The molecule has 1 N–H and O–H groups in total. The van der Waals surface area contributed by atoms with Gasteiger partial charge in [0.05, 0.1) is 5.92 Å². The quantitative estimate of drug-likeness (QED) is 0.823. The number of carboxylic acids is 1. The zero-order chi connectivity index (χ0) is 11.1. The van der Waals surface area contributed by atoms with Crippen LogP contribution in [0.5, 0.6) is 0 Å². The summed E-state index contributed by atoms with van der Waals surface area (Å²) in [6.45, 7) is 0. The number of carbonyl (C=O) groups is 1. The van der Waals surface area contributed by atoms with Gasteiger partial charge in [-0.15, -0.1) is 0 Å². The summed E-state index contributed by atoms with van der Waals surface area (Å²) in [5.41, 5.74) is 0. The van der Waals surface area contributed by atoms with E-state index in [-0.39, 0.29) is 5.92 Å². The van der Waals surface area contributed by atoms with E-state index < -0.39 is 5.97 Å². The smallest absolute Gasteiger partial charge is 0.306 e. The fourth-order valence-corrected chi connectivity index (χ4v) is 5.87. The van der Waals surface area contributed by atoms with Crippen molar-refractivity contribution in [1.29, 1.82) is 0 Å². The molecule has 90 valence electrons. The van der Waals surface area contributed by atoms with E-state index in [4.69, 9.17) is 5.11 Å². The lowest BCUT2D eigenvalue weighted by molar-refractivity contribution is -0.143. The van der Waals surface area contributed by atoms with Crippen molar-refractivity contribution in [3.8, 4) is 0 Å². The van der Waals surface area contributed by atoms with Crippen molar-refractivity contribution in [1.82, 2.24) is 0 Å². The van der Waals surface area contributed by atoms with Gasteiger partial charge >= 0.3 is 5.97 Å². The normalized spacial score (nSPS) is 43.0. The summed E-state index contributed by atoms with van der Waals surface area (Å²) in [6, 6.07) is 0. The first-order chi connectivity index (χ1) is 7.74. The summed E-state index contributed by atoms with van der Waals surface area (Å²) < 4.78 is 0. The first kappa shape index (κ1) is 10.9. The maximum Gasteiger partial charge on any atom is 0.306 e. The lowest BCUT2D eigenvalue weighted by Crippen LogP contribution is -2.26. The lowest BCUT2D eigenvalue weighted by Gasteiger charge is -2.27. The van der Waals surface area contributed by atoms with Crippen LogP contribution < -0.4 is 0 Å². The highest BCUT2D eigenvalue weighted by molar-refractivity contribution is 8.00. The molecule has 3 aliphatic rings. The van der Waals surface area contributed by atoms with Gasteiger partial charge in [-0.05, 0) is 43.9 Å².